The summed E-state index contributed by atoms with van der Waals surface area (Å²) in [5, 5.41) is 3.60. The molecule has 1 aromatic carbocycles. The van der Waals surface area contributed by atoms with E-state index in [4.69, 9.17) is 21.3 Å². The molecule has 1 amide bonds. The van der Waals surface area contributed by atoms with Gasteiger partial charge in [0, 0.05) is 54.4 Å². The maximum atomic E-state index is 11.9. The Morgan fingerprint density at radius 2 is 2.04 bits per heavy atom. The van der Waals surface area contributed by atoms with E-state index in [1.165, 1.54) is 0 Å². The van der Waals surface area contributed by atoms with Gasteiger partial charge in [0.1, 0.15) is 5.60 Å². The fourth-order valence-corrected chi connectivity index (χ4v) is 3.34. The van der Waals surface area contributed by atoms with Crippen LogP contribution in [0.4, 0.5) is 4.79 Å². The molecule has 28 heavy (non-hydrogen) atoms. The fraction of sp³-hybridized carbons (Fsp3) is 0.476. The molecule has 2 heterocycles. The summed E-state index contributed by atoms with van der Waals surface area (Å²) in [7, 11) is 0. The van der Waals surface area contributed by atoms with Crippen molar-refractivity contribution in [2.24, 2.45) is 0 Å². The first-order chi connectivity index (χ1) is 13.2. The van der Waals surface area contributed by atoms with Crippen molar-refractivity contribution in [2.75, 3.05) is 13.1 Å². The van der Waals surface area contributed by atoms with Crippen LogP contribution in [0.1, 0.15) is 39.0 Å². The fourth-order valence-electron chi connectivity index (χ4n) is 3.21. The summed E-state index contributed by atoms with van der Waals surface area (Å²) in [6.45, 7) is 9.98. The van der Waals surface area contributed by atoms with Gasteiger partial charge in [0.2, 0.25) is 0 Å². The van der Waals surface area contributed by atoms with Crippen molar-refractivity contribution in [3.8, 4) is 11.4 Å². The number of fused-ring (bicyclic) bond motifs is 1. The molecule has 2 aromatic rings. The van der Waals surface area contributed by atoms with Gasteiger partial charge in [-0.2, -0.15) is 0 Å². The topological polar surface area (TPSA) is 67.4 Å². The Bertz CT molecular complexity index is 833. The largest absolute Gasteiger partial charge is 0.444 e. The molecule has 1 atom stereocenters. The van der Waals surface area contributed by atoms with Crippen LogP contribution in [0.25, 0.3) is 11.4 Å². The van der Waals surface area contributed by atoms with Crippen LogP contribution in [0.2, 0.25) is 5.02 Å². The number of alkyl carbamates (subject to hydrolysis) is 1. The molecule has 1 aliphatic rings. The first-order valence-electron chi connectivity index (χ1n) is 9.52. The molecule has 0 saturated heterocycles. The molecule has 0 bridgehead atoms. The van der Waals surface area contributed by atoms with E-state index in [1.54, 1.807) is 0 Å². The maximum absolute atomic E-state index is 11.9. The average molecular weight is 403 g/mol. The van der Waals surface area contributed by atoms with Gasteiger partial charge in [-0.25, -0.2) is 14.8 Å². The van der Waals surface area contributed by atoms with Crippen molar-refractivity contribution in [1.29, 1.82) is 0 Å². The van der Waals surface area contributed by atoms with Crippen molar-refractivity contribution in [2.45, 2.75) is 52.3 Å². The maximum Gasteiger partial charge on any atom is 0.407 e. The lowest BCUT2D eigenvalue weighted by molar-refractivity contribution is 0.0495. The van der Waals surface area contributed by atoms with Crippen LogP contribution in [-0.4, -0.2) is 45.7 Å². The first-order valence-corrected chi connectivity index (χ1v) is 9.90. The van der Waals surface area contributed by atoms with Crippen molar-refractivity contribution in [3.63, 3.8) is 0 Å². The Balaban J connectivity index is 1.59. The molecule has 0 aliphatic carbocycles. The molecule has 6 nitrogen and oxygen atoms in total. The first kappa shape index (κ1) is 20.6. The summed E-state index contributed by atoms with van der Waals surface area (Å²) >= 11 is 5.95. The summed E-state index contributed by atoms with van der Waals surface area (Å²) in [5.74, 6) is 0.726. The molecule has 7 heteroatoms. The minimum Gasteiger partial charge on any atom is -0.444 e. The molecular formula is C21H27ClN4O2. The number of halogens is 1. The highest BCUT2D eigenvalue weighted by atomic mass is 35.5. The zero-order valence-electron chi connectivity index (χ0n) is 16.8. The minimum absolute atomic E-state index is 0.00865. The van der Waals surface area contributed by atoms with Crippen LogP contribution in [0.3, 0.4) is 0 Å². The monoisotopic (exact) mass is 402 g/mol. The zero-order chi connectivity index (χ0) is 20.3. The number of carbonyl (C=O) groups is 1. The average Bonchev–Trinajstić information content (AvgIpc) is 2.60. The Labute approximate surface area is 171 Å². The number of aromatic nitrogens is 2. The van der Waals surface area contributed by atoms with E-state index in [0.29, 0.717) is 5.02 Å². The van der Waals surface area contributed by atoms with Crippen molar-refractivity contribution >= 4 is 17.7 Å². The number of amides is 1. The van der Waals surface area contributed by atoms with Gasteiger partial charge in [-0.15, -0.1) is 0 Å². The second kappa shape index (κ2) is 8.45. The molecule has 150 valence electrons. The molecule has 1 aliphatic heterocycles. The van der Waals surface area contributed by atoms with E-state index in [-0.39, 0.29) is 12.1 Å². The second-order valence-electron chi connectivity index (χ2n) is 8.20. The Morgan fingerprint density at radius 3 is 2.71 bits per heavy atom. The predicted molar refractivity (Wildman–Crippen MR) is 110 cm³/mol. The molecule has 3 rings (SSSR count). The lowest BCUT2D eigenvalue weighted by Crippen LogP contribution is -2.45. The zero-order valence-corrected chi connectivity index (χ0v) is 17.6. The number of benzene rings is 1. The highest BCUT2D eigenvalue weighted by Gasteiger charge is 2.22. The molecule has 0 fully saturated rings. The number of nitrogens with zero attached hydrogens (tertiary/aromatic N) is 3. The predicted octanol–water partition coefficient (Wildman–Crippen LogP) is 4.07. The van der Waals surface area contributed by atoms with Crippen molar-refractivity contribution in [1.82, 2.24) is 20.2 Å². The van der Waals surface area contributed by atoms with E-state index in [0.717, 1.165) is 48.7 Å². The number of rotatable bonds is 4. The third-order valence-corrected chi connectivity index (χ3v) is 4.66. The molecule has 1 unspecified atom stereocenters. The third kappa shape index (κ3) is 5.66. The third-order valence-electron chi connectivity index (χ3n) is 4.41. The highest BCUT2D eigenvalue weighted by Crippen LogP contribution is 2.22. The van der Waals surface area contributed by atoms with Gasteiger partial charge >= 0.3 is 6.09 Å². The number of nitrogens with one attached hydrogen (secondary N) is 1. The SMILES string of the molecule is CC(CN1CCc2nc(-c3ccc(Cl)cc3)ncc2C1)NC(=O)OC(C)(C)C. The van der Waals surface area contributed by atoms with Gasteiger partial charge in [-0.05, 0) is 52.0 Å². The van der Waals surface area contributed by atoms with Crippen molar-refractivity contribution in [3.05, 3.63) is 46.7 Å². The summed E-state index contributed by atoms with van der Waals surface area (Å²) in [4.78, 5) is 23.5. The van der Waals surface area contributed by atoms with Gasteiger partial charge < -0.3 is 10.1 Å². The van der Waals surface area contributed by atoms with Gasteiger partial charge in [-0.1, -0.05) is 11.6 Å². The molecule has 1 N–H and O–H groups in total. The summed E-state index contributed by atoms with van der Waals surface area (Å²) in [6.07, 6.45) is 2.38. The van der Waals surface area contributed by atoms with Crippen molar-refractivity contribution < 1.29 is 9.53 Å². The lowest BCUT2D eigenvalue weighted by Gasteiger charge is -2.30. The van der Waals surface area contributed by atoms with E-state index in [1.807, 2.05) is 58.2 Å². The molecule has 0 spiro atoms. The Morgan fingerprint density at radius 1 is 1.32 bits per heavy atom. The number of carbonyl (C=O) groups excluding carboxylic acids is 1. The van der Waals surface area contributed by atoms with Gasteiger partial charge in [-0.3, -0.25) is 4.90 Å². The summed E-state index contributed by atoms with van der Waals surface area (Å²) < 4.78 is 5.32. The van der Waals surface area contributed by atoms with Gasteiger partial charge in [0.05, 0.1) is 5.69 Å². The standard InChI is InChI=1S/C21H27ClN4O2/c1-14(24-20(27)28-21(2,3)4)12-26-10-9-18-16(13-26)11-23-19(25-18)15-5-7-17(22)8-6-15/h5-8,11,14H,9-10,12-13H2,1-4H3,(H,24,27). The van der Waals surface area contributed by atoms with Crippen LogP contribution in [0.15, 0.2) is 30.5 Å². The van der Waals surface area contributed by atoms with E-state index in [9.17, 15) is 4.79 Å². The molecule has 0 radical (unpaired) electrons. The summed E-state index contributed by atoms with van der Waals surface area (Å²) in [6, 6.07) is 7.55. The normalized spacial score (nSPS) is 15.6. The van der Waals surface area contributed by atoms with Gasteiger partial charge in [0.25, 0.3) is 0 Å². The molecule has 1 aromatic heterocycles. The van der Waals surface area contributed by atoms with Crippen LogP contribution < -0.4 is 5.32 Å². The Hall–Kier alpha value is -2.18. The van der Waals surface area contributed by atoms with Crippen LogP contribution >= 0.6 is 11.6 Å². The van der Waals surface area contributed by atoms with Gasteiger partial charge in [0.15, 0.2) is 5.82 Å². The lowest BCUT2D eigenvalue weighted by atomic mass is 10.1. The van der Waals surface area contributed by atoms with Crippen LogP contribution in [0, 0.1) is 0 Å². The van der Waals surface area contributed by atoms with E-state index >= 15 is 0 Å². The second-order valence-corrected chi connectivity index (χ2v) is 8.64. The van der Waals surface area contributed by atoms with E-state index < -0.39 is 5.60 Å². The number of ether oxygens (including phenoxy) is 1. The number of hydrogen-bond acceptors (Lipinski definition) is 5. The Kier molecular flexibility index (Phi) is 6.20. The smallest absolute Gasteiger partial charge is 0.407 e. The van der Waals surface area contributed by atoms with Crippen LogP contribution in [-0.2, 0) is 17.7 Å². The summed E-state index contributed by atoms with van der Waals surface area (Å²) in [5.41, 5.74) is 2.69. The minimum atomic E-state index is -0.493. The molecule has 0 saturated carbocycles. The quantitative estimate of drug-likeness (QED) is 0.834. The highest BCUT2D eigenvalue weighted by molar-refractivity contribution is 6.30. The van der Waals surface area contributed by atoms with E-state index in [2.05, 4.69) is 15.2 Å². The van der Waals surface area contributed by atoms with Crippen LogP contribution in [0.5, 0.6) is 0 Å². The molecular weight excluding hydrogens is 376 g/mol. The number of hydrogen-bond donors (Lipinski definition) is 1.